The zero-order valence-electron chi connectivity index (χ0n) is 14.6. The molecule has 0 fully saturated rings. The van der Waals surface area contributed by atoms with Gasteiger partial charge in [-0.1, -0.05) is 17.7 Å². The Balaban J connectivity index is 1.78. The molecule has 0 atom stereocenters. The molecular weight excluding hydrogens is 403 g/mol. The summed E-state index contributed by atoms with van der Waals surface area (Å²) in [5, 5.41) is 4.05. The molecule has 0 spiro atoms. The smallest absolute Gasteiger partial charge is 0.267 e. The fourth-order valence-electron chi connectivity index (χ4n) is 3.33. The second-order valence-electron chi connectivity index (χ2n) is 6.46. The zero-order valence-corrected chi connectivity index (χ0v) is 16.2. The van der Waals surface area contributed by atoms with Crippen LogP contribution in [0.3, 0.4) is 0 Å². The molecule has 1 aromatic carbocycles. The molecule has 0 aliphatic heterocycles. The number of fused-ring (bicyclic) bond motifs is 1. The monoisotopic (exact) mass is 421 g/mol. The van der Waals surface area contributed by atoms with E-state index in [1.165, 1.54) is 16.8 Å². The maximum Gasteiger partial charge on any atom is 0.435 e. The summed E-state index contributed by atoms with van der Waals surface area (Å²) < 4.78 is 68.3. The molecule has 0 unspecified atom stereocenters. The predicted octanol–water partition coefficient (Wildman–Crippen LogP) is 3.72. The van der Waals surface area contributed by atoms with Crippen molar-refractivity contribution >= 4 is 21.6 Å². The van der Waals surface area contributed by atoms with E-state index in [0.717, 1.165) is 6.42 Å². The highest BCUT2D eigenvalue weighted by molar-refractivity contribution is 7.89. The lowest BCUT2D eigenvalue weighted by molar-refractivity contribution is -0.142. The predicted molar refractivity (Wildman–Crippen MR) is 95.2 cm³/mol. The molecule has 1 aliphatic rings. The summed E-state index contributed by atoms with van der Waals surface area (Å²) in [6, 6.07) is 4.55. The standard InChI is InChI=1S/C17H19ClF3N3O2S/c1-11-13(18)6-4-8-15(11)27(25,26)22-9-10-24-14-7-3-2-5-12(14)16(23-24)17(19,20)21/h4,6,8,22H,2-3,5,7,9-10H2,1H3. The van der Waals surface area contributed by atoms with Crippen LogP contribution in [0.25, 0.3) is 0 Å². The van der Waals surface area contributed by atoms with Crippen molar-refractivity contribution in [3.05, 3.63) is 45.7 Å². The lowest BCUT2D eigenvalue weighted by Gasteiger charge is -2.15. The number of aromatic nitrogens is 2. The number of hydrogen-bond donors (Lipinski definition) is 1. The number of rotatable bonds is 5. The Morgan fingerprint density at radius 3 is 2.67 bits per heavy atom. The molecule has 27 heavy (non-hydrogen) atoms. The van der Waals surface area contributed by atoms with E-state index >= 15 is 0 Å². The summed E-state index contributed by atoms with van der Waals surface area (Å²) in [6.45, 7) is 1.55. The molecule has 3 rings (SSSR count). The molecule has 148 valence electrons. The van der Waals surface area contributed by atoms with E-state index in [1.807, 2.05) is 0 Å². The Kier molecular flexibility index (Phi) is 5.56. The Morgan fingerprint density at radius 2 is 1.96 bits per heavy atom. The van der Waals surface area contributed by atoms with Gasteiger partial charge in [-0.2, -0.15) is 18.3 Å². The molecule has 0 bridgehead atoms. The molecule has 5 nitrogen and oxygen atoms in total. The quantitative estimate of drug-likeness (QED) is 0.800. The van der Waals surface area contributed by atoms with E-state index in [9.17, 15) is 21.6 Å². The number of benzene rings is 1. The summed E-state index contributed by atoms with van der Waals surface area (Å²) in [6.07, 6.45) is -2.16. The van der Waals surface area contributed by atoms with Gasteiger partial charge in [-0.05, 0) is 50.3 Å². The molecule has 1 N–H and O–H groups in total. The molecule has 10 heteroatoms. The molecule has 1 heterocycles. The lowest BCUT2D eigenvalue weighted by atomic mass is 9.95. The number of nitrogens with one attached hydrogen (secondary N) is 1. The van der Waals surface area contributed by atoms with Crippen LogP contribution in [0.4, 0.5) is 13.2 Å². The van der Waals surface area contributed by atoms with Crippen LogP contribution in [0.1, 0.15) is 35.4 Å². The van der Waals surface area contributed by atoms with Crippen molar-refractivity contribution in [1.29, 1.82) is 0 Å². The van der Waals surface area contributed by atoms with Crippen LogP contribution in [0.15, 0.2) is 23.1 Å². The van der Waals surface area contributed by atoms with Gasteiger partial charge in [0.1, 0.15) is 0 Å². The van der Waals surface area contributed by atoms with E-state index in [0.29, 0.717) is 35.5 Å². The first-order chi connectivity index (χ1) is 12.6. The second kappa shape index (κ2) is 7.44. The first-order valence-electron chi connectivity index (χ1n) is 8.52. The fraction of sp³-hybridized carbons (Fsp3) is 0.471. The summed E-state index contributed by atoms with van der Waals surface area (Å²) in [7, 11) is -3.82. The normalized spacial score (nSPS) is 15.0. The topological polar surface area (TPSA) is 64.0 Å². The number of alkyl halides is 3. The molecule has 0 saturated heterocycles. The van der Waals surface area contributed by atoms with Gasteiger partial charge in [0, 0.05) is 22.8 Å². The van der Waals surface area contributed by atoms with Gasteiger partial charge in [0.05, 0.1) is 11.4 Å². The van der Waals surface area contributed by atoms with Crippen LogP contribution in [-0.2, 0) is 35.6 Å². The van der Waals surface area contributed by atoms with Crippen LogP contribution in [-0.4, -0.2) is 24.7 Å². The number of hydrogen-bond acceptors (Lipinski definition) is 3. The van der Waals surface area contributed by atoms with Crippen molar-refractivity contribution in [3.8, 4) is 0 Å². The largest absolute Gasteiger partial charge is 0.435 e. The summed E-state index contributed by atoms with van der Waals surface area (Å²) >= 11 is 5.96. The maximum absolute atomic E-state index is 13.2. The molecule has 0 radical (unpaired) electrons. The molecule has 1 aliphatic carbocycles. The van der Waals surface area contributed by atoms with Gasteiger partial charge >= 0.3 is 6.18 Å². The van der Waals surface area contributed by atoms with Crippen molar-refractivity contribution in [2.24, 2.45) is 0 Å². The first-order valence-corrected chi connectivity index (χ1v) is 10.4. The van der Waals surface area contributed by atoms with E-state index < -0.39 is 21.9 Å². The highest BCUT2D eigenvalue weighted by Crippen LogP contribution is 2.35. The highest BCUT2D eigenvalue weighted by atomic mass is 35.5. The third kappa shape index (κ3) is 4.14. The third-order valence-corrected chi connectivity index (χ3v) is 6.66. The third-order valence-electron chi connectivity index (χ3n) is 4.65. The lowest BCUT2D eigenvalue weighted by Crippen LogP contribution is -2.29. The summed E-state index contributed by atoms with van der Waals surface area (Å²) in [4.78, 5) is 0.0495. The van der Waals surface area contributed by atoms with Crippen LogP contribution in [0.2, 0.25) is 5.02 Å². The van der Waals surface area contributed by atoms with Gasteiger partial charge in [0.15, 0.2) is 5.69 Å². The van der Waals surface area contributed by atoms with Gasteiger partial charge in [0.2, 0.25) is 10.0 Å². The second-order valence-corrected chi connectivity index (χ2v) is 8.61. The van der Waals surface area contributed by atoms with Crippen LogP contribution in [0, 0.1) is 6.92 Å². The van der Waals surface area contributed by atoms with Crippen LogP contribution >= 0.6 is 11.6 Å². The Hall–Kier alpha value is -1.58. The number of sulfonamides is 1. The minimum Gasteiger partial charge on any atom is -0.267 e. The van der Waals surface area contributed by atoms with Gasteiger partial charge in [-0.15, -0.1) is 0 Å². The maximum atomic E-state index is 13.2. The number of halogens is 4. The Bertz CT molecular complexity index is 955. The molecular formula is C17H19ClF3N3O2S. The fourth-order valence-corrected chi connectivity index (χ4v) is 4.84. The van der Waals surface area contributed by atoms with Crippen LogP contribution < -0.4 is 4.72 Å². The van der Waals surface area contributed by atoms with Gasteiger partial charge in [-0.3, -0.25) is 4.68 Å². The van der Waals surface area contributed by atoms with Crippen molar-refractivity contribution < 1.29 is 21.6 Å². The van der Waals surface area contributed by atoms with E-state index in [-0.39, 0.29) is 23.5 Å². The molecule has 1 aromatic heterocycles. The summed E-state index contributed by atoms with van der Waals surface area (Å²) in [5.41, 5.74) is 0.349. The highest BCUT2D eigenvalue weighted by Gasteiger charge is 2.39. The minimum atomic E-state index is -4.51. The van der Waals surface area contributed by atoms with Crippen molar-refractivity contribution in [2.75, 3.05) is 6.54 Å². The Labute approximate surface area is 160 Å². The van der Waals surface area contributed by atoms with Crippen molar-refractivity contribution in [1.82, 2.24) is 14.5 Å². The van der Waals surface area contributed by atoms with E-state index in [1.54, 1.807) is 13.0 Å². The van der Waals surface area contributed by atoms with E-state index in [2.05, 4.69) is 9.82 Å². The Morgan fingerprint density at radius 1 is 1.26 bits per heavy atom. The SMILES string of the molecule is Cc1c(Cl)cccc1S(=O)(=O)NCCn1nc(C(F)(F)F)c2c1CCCC2. The van der Waals surface area contributed by atoms with Gasteiger partial charge in [-0.25, -0.2) is 13.1 Å². The molecule has 0 amide bonds. The minimum absolute atomic E-state index is 0.0251. The summed E-state index contributed by atoms with van der Waals surface area (Å²) in [5.74, 6) is 0. The van der Waals surface area contributed by atoms with Crippen LogP contribution in [0.5, 0.6) is 0 Å². The van der Waals surface area contributed by atoms with Crippen molar-refractivity contribution in [2.45, 2.75) is 50.2 Å². The van der Waals surface area contributed by atoms with E-state index in [4.69, 9.17) is 11.6 Å². The molecule has 0 saturated carbocycles. The van der Waals surface area contributed by atoms with Gasteiger partial charge < -0.3 is 0 Å². The molecule has 2 aromatic rings. The average Bonchev–Trinajstić information content (AvgIpc) is 2.96. The number of nitrogens with zero attached hydrogens (tertiary/aromatic N) is 2. The first kappa shape index (κ1) is 20.2. The van der Waals surface area contributed by atoms with Crippen molar-refractivity contribution in [3.63, 3.8) is 0 Å². The van der Waals surface area contributed by atoms with Gasteiger partial charge in [0.25, 0.3) is 0 Å². The average molecular weight is 422 g/mol. The zero-order chi connectivity index (χ0) is 19.8.